The Labute approximate surface area is 118 Å². The molecule has 0 unspecified atom stereocenters. The van der Waals surface area contributed by atoms with Crippen LogP contribution in [0.3, 0.4) is 0 Å². The van der Waals surface area contributed by atoms with Gasteiger partial charge in [-0.2, -0.15) is 0 Å². The molecular weight excluding hydrogens is 281 g/mol. The van der Waals surface area contributed by atoms with Crippen molar-refractivity contribution in [1.29, 1.82) is 0 Å². The molecule has 2 N–H and O–H groups in total. The van der Waals surface area contributed by atoms with Gasteiger partial charge in [0.2, 0.25) is 5.82 Å². The third kappa shape index (κ3) is 3.19. The van der Waals surface area contributed by atoms with Crippen LogP contribution in [0.15, 0.2) is 18.2 Å². The van der Waals surface area contributed by atoms with Crippen LogP contribution in [0.2, 0.25) is 0 Å². The summed E-state index contributed by atoms with van der Waals surface area (Å²) in [6.45, 7) is 1.94. The topological polar surface area (TPSA) is 114 Å². The largest absolute Gasteiger partial charge is 0.311 e. The highest BCUT2D eigenvalue weighted by Crippen LogP contribution is 2.27. The van der Waals surface area contributed by atoms with Crippen molar-refractivity contribution < 1.29 is 14.1 Å². The fraction of sp³-hybridized carbons (Fsp3) is 0.250. The Morgan fingerprint density at radius 3 is 2.95 bits per heavy atom. The monoisotopic (exact) mass is 293 g/mol. The highest BCUT2D eigenvalue weighted by molar-refractivity contribution is 6.02. The molecule has 8 nitrogen and oxygen atoms in total. The lowest BCUT2D eigenvalue weighted by Gasteiger charge is -2.04. The minimum atomic E-state index is -0.901. The van der Waals surface area contributed by atoms with Gasteiger partial charge in [0.1, 0.15) is 5.82 Å². The summed E-state index contributed by atoms with van der Waals surface area (Å²) < 4.78 is 13.6. The molecule has 110 valence electrons. The molecule has 0 atom stereocenters. The van der Waals surface area contributed by atoms with Crippen molar-refractivity contribution >= 4 is 17.3 Å². The number of nitro groups is 1. The molecule has 0 bridgehead atoms. The zero-order chi connectivity index (χ0) is 15.4. The normalized spacial score (nSPS) is 10.4. The molecule has 1 aromatic heterocycles. The molecule has 2 aromatic rings. The molecule has 0 spiro atoms. The van der Waals surface area contributed by atoms with E-state index in [1.807, 2.05) is 6.92 Å². The minimum Gasteiger partial charge on any atom is -0.311 e. The predicted octanol–water partition coefficient (Wildman–Crippen LogP) is 2.06. The second-order valence-electron chi connectivity index (χ2n) is 4.20. The maximum absolute atomic E-state index is 13.6. The van der Waals surface area contributed by atoms with Crippen LogP contribution in [-0.2, 0) is 6.42 Å². The smallest absolute Gasteiger partial charge is 0.295 e. The number of benzene rings is 1. The van der Waals surface area contributed by atoms with Crippen molar-refractivity contribution in [2.75, 3.05) is 5.32 Å². The summed E-state index contributed by atoms with van der Waals surface area (Å²) in [6, 6.07) is 3.30. The van der Waals surface area contributed by atoms with E-state index < -0.39 is 28.0 Å². The summed E-state index contributed by atoms with van der Waals surface area (Å²) in [6.07, 6.45) is 1.43. The van der Waals surface area contributed by atoms with Gasteiger partial charge in [0, 0.05) is 12.5 Å². The van der Waals surface area contributed by atoms with Crippen LogP contribution < -0.4 is 5.32 Å². The van der Waals surface area contributed by atoms with Crippen molar-refractivity contribution in [3.05, 3.63) is 45.8 Å². The molecule has 0 fully saturated rings. The van der Waals surface area contributed by atoms with Crippen LogP contribution in [0.5, 0.6) is 0 Å². The average molecular weight is 293 g/mol. The lowest BCUT2D eigenvalue weighted by Crippen LogP contribution is -2.16. The van der Waals surface area contributed by atoms with E-state index in [1.165, 1.54) is 6.07 Å². The summed E-state index contributed by atoms with van der Waals surface area (Å²) in [5.74, 6) is -1.40. The van der Waals surface area contributed by atoms with Crippen LogP contribution in [0, 0.1) is 15.9 Å². The number of hydrogen-bond acceptors (Lipinski definition) is 5. The Morgan fingerprint density at radius 1 is 1.52 bits per heavy atom. The van der Waals surface area contributed by atoms with E-state index in [9.17, 15) is 19.3 Å². The van der Waals surface area contributed by atoms with E-state index >= 15 is 0 Å². The number of aryl methyl sites for hydroxylation is 1. The number of para-hydroxylation sites is 1. The van der Waals surface area contributed by atoms with Crippen molar-refractivity contribution in [1.82, 2.24) is 15.2 Å². The number of hydrogen-bond donors (Lipinski definition) is 2. The fourth-order valence-electron chi connectivity index (χ4n) is 1.70. The van der Waals surface area contributed by atoms with Gasteiger partial charge >= 0.3 is 0 Å². The molecule has 0 aliphatic carbocycles. The van der Waals surface area contributed by atoms with Crippen LogP contribution >= 0.6 is 0 Å². The molecule has 1 amide bonds. The summed E-state index contributed by atoms with van der Waals surface area (Å²) in [7, 11) is 0. The molecule has 21 heavy (non-hydrogen) atoms. The van der Waals surface area contributed by atoms with E-state index in [0.717, 1.165) is 18.6 Å². The second kappa shape index (κ2) is 6.07. The molecule has 9 heteroatoms. The number of nitrogens with zero attached hydrogens (tertiary/aromatic N) is 3. The fourth-order valence-corrected chi connectivity index (χ4v) is 1.70. The number of aromatic nitrogens is 3. The van der Waals surface area contributed by atoms with Crippen molar-refractivity contribution in [3.63, 3.8) is 0 Å². The predicted molar refractivity (Wildman–Crippen MR) is 71.4 cm³/mol. The van der Waals surface area contributed by atoms with Crippen LogP contribution in [0.25, 0.3) is 0 Å². The zero-order valence-corrected chi connectivity index (χ0v) is 11.1. The van der Waals surface area contributed by atoms with Crippen LogP contribution in [0.4, 0.5) is 15.8 Å². The lowest BCUT2D eigenvalue weighted by atomic mass is 10.2. The molecule has 1 heterocycles. The first-order valence-electron chi connectivity index (χ1n) is 6.18. The standard InChI is InChI=1S/C12H12FN5O3/c1-2-4-9-14-11(17-16-9)12(19)15-10-7(13)5-3-6-8(10)18(20)21/h3,5-6H,2,4H2,1H3,(H,15,19)(H,14,16,17). The molecule has 1 aromatic carbocycles. The van der Waals surface area contributed by atoms with Crippen molar-refractivity contribution in [3.8, 4) is 0 Å². The number of carbonyl (C=O) groups excluding carboxylic acids is 1. The van der Waals surface area contributed by atoms with E-state index in [-0.39, 0.29) is 5.82 Å². The van der Waals surface area contributed by atoms with Gasteiger partial charge < -0.3 is 5.32 Å². The number of H-pyrrole nitrogens is 1. The number of amides is 1. The number of rotatable bonds is 5. The van der Waals surface area contributed by atoms with Gasteiger partial charge in [-0.15, -0.1) is 5.10 Å². The Morgan fingerprint density at radius 2 is 2.29 bits per heavy atom. The van der Waals surface area contributed by atoms with E-state index in [4.69, 9.17) is 0 Å². The number of anilines is 1. The van der Waals surface area contributed by atoms with E-state index in [0.29, 0.717) is 12.2 Å². The van der Waals surface area contributed by atoms with Gasteiger partial charge in [0.15, 0.2) is 11.5 Å². The van der Waals surface area contributed by atoms with E-state index in [2.05, 4.69) is 20.5 Å². The molecular formula is C12H12FN5O3. The molecule has 0 aliphatic rings. The number of nitrogens with one attached hydrogen (secondary N) is 2. The summed E-state index contributed by atoms with van der Waals surface area (Å²) in [5, 5.41) is 19.2. The number of nitro benzene ring substituents is 1. The molecule has 2 rings (SSSR count). The minimum absolute atomic E-state index is 0.198. The van der Waals surface area contributed by atoms with Crippen molar-refractivity contribution in [2.24, 2.45) is 0 Å². The van der Waals surface area contributed by atoms with Gasteiger partial charge in [-0.05, 0) is 12.5 Å². The summed E-state index contributed by atoms with van der Waals surface area (Å²) >= 11 is 0. The highest BCUT2D eigenvalue weighted by Gasteiger charge is 2.22. The van der Waals surface area contributed by atoms with Crippen LogP contribution in [0.1, 0.15) is 29.8 Å². The third-order valence-electron chi connectivity index (χ3n) is 2.65. The van der Waals surface area contributed by atoms with Gasteiger partial charge in [-0.3, -0.25) is 20.0 Å². The summed E-state index contributed by atoms with van der Waals surface area (Å²) in [4.78, 5) is 25.9. The quantitative estimate of drug-likeness (QED) is 0.647. The highest BCUT2D eigenvalue weighted by atomic mass is 19.1. The molecule has 0 aliphatic heterocycles. The number of carbonyl (C=O) groups is 1. The first-order valence-corrected chi connectivity index (χ1v) is 6.18. The van der Waals surface area contributed by atoms with E-state index in [1.54, 1.807) is 0 Å². The van der Waals surface area contributed by atoms with Crippen molar-refractivity contribution in [2.45, 2.75) is 19.8 Å². The van der Waals surface area contributed by atoms with Gasteiger partial charge in [0.05, 0.1) is 4.92 Å². The average Bonchev–Trinajstić information content (AvgIpc) is 2.90. The van der Waals surface area contributed by atoms with Gasteiger partial charge in [0.25, 0.3) is 11.6 Å². The number of halogens is 1. The molecule has 0 radical (unpaired) electrons. The Bertz CT molecular complexity index is 685. The molecule has 0 saturated heterocycles. The first-order chi connectivity index (χ1) is 10.0. The maximum atomic E-state index is 13.6. The lowest BCUT2D eigenvalue weighted by molar-refractivity contribution is -0.384. The second-order valence-corrected chi connectivity index (χ2v) is 4.20. The number of aromatic amines is 1. The SMILES string of the molecule is CCCc1nc(C(=O)Nc2c(F)cccc2[N+](=O)[O-])n[nH]1. The van der Waals surface area contributed by atoms with Crippen LogP contribution in [-0.4, -0.2) is 26.0 Å². The Kier molecular flexibility index (Phi) is 4.21. The Balaban J connectivity index is 2.25. The first kappa shape index (κ1) is 14.6. The summed E-state index contributed by atoms with van der Waals surface area (Å²) in [5.41, 5.74) is -1.04. The third-order valence-corrected chi connectivity index (χ3v) is 2.65. The zero-order valence-electron chi connectivity index (χ0n) is 11.1. The molecule has 0 saturated carbocycles. The van der Waals surface area contributed by atoms with Gasteiger partial charge in [-0.25, -0.2) is 9.37 Å². The maximum Gasteiger partial charge on any atom is 0.295 e. The Hall–Kier alpha value is -2.84. The van der Waals surface area contributed by atoms with Gasteiger partial charge in [-0.1, -0.05) is 13.0 Å².